The van der Waals surface area contributed by atoms with Crippen molar-refractivity contribution in [1.82, 2.24) is 19.6 Å². The molecular weight excluding hydrogens is 528 g/mol. The molecule has 0 unspecified atom stereocenters. The largest absolute Gasteiger partial charge is 0.386 e. The van der Waals surface area contributed by atoms with Crippen LogP contribution in [0, 0.1) is 5.92 Å². The zero-order valence-electron chi connectivity index (χ0n) is 22.5. The van der Waals surface area contributed by atoms with Crippen molar-refractivity contribution in [3.05, 3.63) is 46.7 Å². The third-order valence-corrected chi connectivity index (χ3v) is 9.74. The number of benzene rings is 1. The summed E-state index contributed by atoms with van der Waals surface area (Å²) in [6.07, 6.45) is 9.35. The normalized spacial score (nSPS) is 24.7. The molecule has 1 aliphatic carbocycles. The quantitative estimate of drug-likeness (QED) is 0.336. The fraction of sp³-hybridized carbons (Fsp3) is 0.483. The van der Waals surface area contributed by atoms with Crippen LogP contribution < -0.4 is 10.2 Å². The molecule has 10 nitrogen and oxygen atoms in total. The van der Waals surface area contributed by atoms with Gasteiger partial charge < -0.3 is 24.9 Å². The number of carbonyl (C=O) groups is 2. The highest BCUT2D eigenvalue weighted by Gasteiger charge is 2.39. The summed E-state index contributed by atoms with van der Waals surface area (Å²) in [7, 11) is 0. The Kier molecular flexibility index (Phi) is 6.13. The number of fused-ring (bicyclic) bond motifs is 4. The van der Waals surface area contributed by atoms with Crippen LogP contribution in [-0.4, -0.2) is 62.2 Å². The van der Waals surface area contributed by atoms with Crippen molar-refractivity contribution in [2.24, 2.45) is 5.92 Å². The maximum Gasteiger partial charge on any atom is 0.261 e. The Labute approximate surface area is 235 Å². The molecule has 1 aromatic carbocycles. The second-order valence-corrected chi connectivity index (χ2v) is 12.9. The van der Waals surface area contributed by atoms with Crippen molar-refractivity contribution in [2.75, 3.05) is 23.4 Å². The number of morpholine rings is 1. The summed E-state index contributed by atoms with van der Waals surface area (Å²) < 4.78 is 8.29. The minimum atomic E-state index is -1.20. The molecule has 5 heterocycles. The van der Waals surface area contributed by atoms with E-state index in [1.54, 1.807) is 29.7 Å². The van der Waals surface area contributed by atoms with Gasteiger partial charge in [0.05, 0.1) is 45.8 Å². The van der Waals surface area contributed by atoms with Crippen molar-refractivity contribution in [3.8, 4) is 0 Å². The van der Waals surface area contributed by atoms with E-state index in [1.165, 1.54) is 6.20 Å². The van der Waals surface area contributed by atoms with E-state index in [2.05, 4.69) is 15.3 Å². The summed E-state index contributed by atoms with van der Waals surface area (Å²) in [6, 6.07) is 6.02. The predicted octanol–water partition coefficient (Wildman–Crippen LogP) is 4.27. The van der Waals surface area contributed by atoms with Crippen molar-refractivity contribution >= 4 is 50.9 Å². The lowest BCUT2D eigenvalue weighted by Crippen LogP contribution is -2.37. The molecule has 11 heteroatoms. The number of amides is 1. The zero-order chi connectivity index (χ0) is 27.6. The van der Waals surface area contributed by atoms with Crippen LogP contribution in [0.1, 0.15) is 72.8 Å². The third kappa shape index (κ3) is 4.46. The second kappa shape index (κ2) is 9.60. The summed E-state index contributed by atoms with van der Waals surface area (Å²) in [4.78, 5) is 36.8. The first-order valence-corrected chi connectivity index (χ1v) is 14.7. The molecule has 3 aromatic heterocycles. The van der Waals surface area contributed by atoms with E-state index >= 15 is 0 Å². The highest BCUT2D eigenvalue weighted by molar-refractivity contribution is 7.18. The molecule has 2 atom stereocenters. The molecule has 1 saturated carbocycles. The Morgan fingerprint density at radius 3 is 2.75 bits per heavy atom. The molecule has 1 amide bonds. The van der Waals surface area contributed by atoms with Crippen LogP contribution in [0.25, 0.3) is 15.9 Å². The number of hydrogen-bond acceptors (Lipinski definition) is 9. The molecule has 2 bridgehead atoms. The Bertz CT molecular complexity index is 1620. The van der Waals surface area contributed by atoms with Gasteiger partial charge in [-0.15, -0.1) is 11.3 Å². The Morgan fingerprint density at radius 2 is 2.05 bits per heavy atom. The summed E-state index contributed by atoms with van der Waals surface area (Å²) in [5.74, 6) is 0.955. The number of aromatic nitrogens is 4. The smallest absolute Gasteiger partial charge is 0.261 e. The molecule has 208 valence electrons. The van der Waals surface area contributed by atoms with E-state index in [4.69, 9.17) is 14.7 Å². The van der Waals surface area contributed by atoms with Gasteiger partial charge in [-0.3, -0.25) is 4.79 Å². The van der Waals surface area contributed by atoms with E-state index in [-0.39, 0.29) is 17.9 Å². The summed E-state index contributed by atoms with van der Waals surface area (Å²) in [5.41, 5.74) is 1.57. The molecule has 3 aliphatic rings. The van der Waals surface area contributed by atoms with Gasteiger partial charge in [0.1, 0.15) is 17.7 Å². The van der Waals surface area contributed by atoms with Crippen molar-refractivity contribution in [2.45, 2.75) is 69.6 Å². The topological polar surface area (TPSA) is 122 Å². The van der Waals surface area contributed by atoms with Gasteiger partial charge in [0.15, 0.2) is 5.65 Å². The molecule has 7 rings (SSSR count). The second-order valence-electron chi connectivity index (χ2n) is 11.8. The first-order valence-electron chi connectivity index (χ1n) is 13.9. The van der Waals surface area contributed by atoms with Gasteiger partial charge in [-0.25, -0.2) is 14.5 Å². The highest BCUT2D eigenvalue weighted by Crippen LogP contribution is 2.41. The Hall–Kier alpha value is -3.41. The molecule has 0 radical (unpaired) electrons. The molecule has 0 spiro atoms. The number of carbonyl (C=O) groups excluding carboxylic acids is 2. The van der Waals surface area contributed by atoms with Gasteiger partial charge in [0.25, 0.3) is 5.91 Å². The molecule has 2 aliphatic heterocycles. The Morgan fingerprint density at radius 1 is 1.23 bits per heavy atom. The number of ether oxygens (including phenoxy) is 1. The lowest BCUT2D eigenvalue weighted by molar-refractivity contribution is -0.111. The summed E-state index contributed by atoms with van der Waals surface area (Å²) >= 11 is 1.62. The monoisotopic (exact) mass is 560 g/mol. The van der Waals surface area contributed by atoms with E-state index in [9.17, 15) is 14.7 Å². The zero-order valence-corrected chi connectivity index (χ0v) is 23.4. The maximum absolute atomic E-state index is 13.6. The number of thiazole rings is 1. The van der Waals surface area contributed by atoms with Crippen LogP contribution in [0.5, 0.6) is 0 Å². The number of nitrogens with zero attached hydrogens (tertiary/aromatic N) is 5. The molecule has 2 N–H and O–H groups in total. The summed E-state index contributed by atoms with van der Waals surface area (Å²) in [5, 5.41) is 19.5. The van der Waals surface area contributed by atoms with E-state index in [1.807, 2.05) is 24.4 Å². The Balaban J connectivity index is 1.19. The highest BCUT2D eigenvalue weighted by atomic mass is 32.1. The van der Waals surface area contributed by atoms with Gasteiger partial charge in [0.2, 0.25) is 0 Å². The van der Waals surface area contributed by atoms with Crippen LogP contribution in [0.3, 0.4) is 0 Å². The van der Waals surface area contributed by atoms with Crippen molar-refractivity contribution in [3.63, 3.8) is 0 Å². The SMILES string of the molecule is CC(C)(O)c1cc2nc(C3CCC(C=O)CC3)sc2cc1NC(=O)c1cnn2ccc(N3C[C@H]4C[C@@H]3CO4)nc12. The standard InChI is InChI=1S/C29H32N6O4S/c1-29(2,38)21-10-23-24(40-28(32-23)17-5-3-16(14-36)4-6-17)11-22(21)31-27(37)20-12-30-35-8-7-25(33-26(20)35)34-13-19-9-18(34)15-39-19/h7-8,10-12,14,16-19,38H,3-6,9,13,15H2,1-2H3,(H,31,37)/t16?,17?,18-,19-/m1/s1. The number of rotatable bonds is 6. The van der Waals surface area contributed by atoms with Crippen LogP contribution in [0.2, 0.25) is 0 Å². The first-order chi connectivity index (χ1) is 19.3. The molecule has 3 fully saturated rings. The van der Waals surface area contributed by atoms with Crippen LogP contribution in [0.4, 0.5) is 11.5 Å². The number of nitrogens with one attached hydrogen (secondary N) is 1. The van der Waals surface area contributed by atoms with Gasteiger partial charge in [0, 0.05) is 35.8 Å². The number of aldehydes is 1. The van der Waals surface area contributed by atoms with Gasteiger partial charge in [-0.2, -0.15) is 5.10 Å². The van der Waals surface area contributed by atoms with E-state index in [0.29, 0.717) is 41.0 Å². The van der Waals surface area contributed by atoms with Gasteiger partial charge >= 0.3 is 0 Å². The van der Waals surface area contributed by atoms with Gasteiger partial charge in [-0.1, -0.05) is 0 Å². The van der Waals surface area contributed by atoms with Crippen LogP contribution in [0.15, 0.2) is 30.6 Å². The van der Waals surface area contributed by atoms with E-state index in [0.717, 1.165) is 66.0 Å². The summed E-state index contributed by atoms with van der Waals surface area (Å²) in [6.45, 7) is 4.91. The maximum atomic E-state index is 13.6. The minimum Gasteiger partial charge on any atom is -0.386 e. The molecule has 40 heavy (non-hydrogen) atoms. The fourth-order valence-electron chi connectivity index (χ4n) is 6.33. The molecular formula is C29H32N6O4S. The van der Waals surface area contributed by atoms with Crippen LogP contribution in [-0.2, 0) is 15.1 Å². The minimum absolute atomic E-state index is 0.152. The third-order valence-electron chi connectivity index (χ3n) is 8.56. The van der Waals surface area contributed by atoms with Crippen molar-refractivity contribution < 1.29 is 19.4 Å². The lowest BCUT2D eigenvalue weighted by Gasteiger charge is -2.27. The van der Waals surface area contributed by atoms with Crippen LogP contribution >= 0.6 is 11.3 Å². The average Bonchev–Trinajstić information content (AvgIpc) is 3.74. The first kappa shape index (κ1) is 25.6. The number of aliphatic hydroxyl groups is 1. The van der Waals surface area contributed by atoms with Crippen molar-refractivity contribution in [1.29, 1.82) is 0 Å². The predicted molar refractivity (Wildman–Crippen MR) is 152 cm³/mol. The average molecular weight is 561 g/mol. The lowest BCUT2D eigenvalue weighted by atomic mass is 9.83. The molecule has 4 aromatic rings. The fourth-order valence-corrected chi connectivity index (χ4v) is 7.49. The number of anilines is 2. The van der Waals surface area contributed by atoms with E-state index < -0.39 is 5.60 Å². The number of hydrogen-bond donors (Lipinski definition) is 2. The molecule has 2 saturated heterocycles. The van der Waals surface area contributed by atoms with Gasteiger partial charge in [-0.05, 0) is 64.2 Å².